The maximum atomic E-state index is 12.6. The summed E-state index contributed by atoms with van der Waals surface area (Å²) >= 11 is 1.52. The molecule has 5 heteroatoms. The maximum absolute atomic E-state index is 12.6. The number of nitrogens with one attached hydrogen (secondary N) is 1. The number of benzene rings is 1. The van der Waals surface area contributed by atoms with Gasteiger partial charge in [0.15, 0.2) is 0 Å². The second kappa shape index (κ2) is 6.57. The van der Waals surface area contributed by atoms with Gasteiger partial charge in [0.1, 0.15) is 5.75 Å². The van der Waals surface area contributed by atoms with Gasteiger partial charge in [-0.1, -0.05) is 12.1 Å². The molecule has 1 N–H and O–H groups in total. The molecule has 1 aromatic carbocycles. The van der Waals surface area contributed by atoms with Gasteiger partial charge in [-0.2, -0.15) is 0 Å². The van der Waals surface area contributed by atoms with Crippen molar-refractivity contribution in [2.24, 2.45) is 5.92 Å². The van der Waals surface area contributed by atoms with E-state index in [4.69, 9.17) is 4.74 Å². The fourth-order valence-corrected chi connectivity index (χ4v) is 4.81. The first kappa shape index (κ1) is 15.7. The number of hydrogen-bond donors (Lipinski definition) is 1. The topological polar surface area (TPSA) is 41.6 Å². The number of carbonyl (C=O) groups is 1. The lowest BCUT2D eigenvalue weighted by atomic mass is 9.97. The minimum absolute atomic E-state index is 0.0497. The number of rotatable bonds is 4. The van der Waals surface area contributed by atoms with Gasteiger partial charge in [-0.05, 0) is 49.6 Å². The molecule has 2 aromatic rings. The van der Waals surface area contributed by atoms with Gasteiger partial charge in [-0.15, -0.1) is 11.3 Å². The molecule has 0 spiro atoms. The highest BCUT2D eigenvalue weighted by Gasteiger charge is 2.33. The van der Waals surface area contributed by atoms with E-state index in [1.807, 2.05) is 36.4 Å². The number of para-hydroxylation sites is 1. The number of fused-ring (bicyclic) bond motifs is 2. The van der Waals surface area contributed by atoms with Crippen LogP contribution < -0.4 is 10.1 Å². The Kier molecular flexibility index (Phi) is 4.29. The largest absolute Gasteiger partial charge is 0.496 e. The molecule has 0 radical (unpaired) electrons. The Bertz CT molecular complexity index is 730. The first-order valence-electron chi connectivity index (χ1n) is 8.49. The summed E-state index contributed by atoms with van der Waals surface area (Å²) in [4.78, 5) is 16.9. The third-order valence-corrected chi connectivity index (χ3v) is 6.12. The van der Waals surface area contributed by atoms with Crippen molar-refractivity contribution in [3.8, 4) is 16.2 Å². The fraction of sp³-hybridized carbons (Fsp3) is 0.421. The molecule has 2 aliphatic rings. The first-order valence-corrected chi connectivity index (χ1v) is 9.31. The lowest BCUT2D eigenvalue weighted by Gasteiger charge is -2.30. The van der Waals surface area contributed by atoms with Crippen LogP contribution in [-0.2, 0) is 0 Å². The summed E-state index contributed by atoms with van der Waals surface area (Å²) in [5.74, 6) is 1.65. The Labute approximate surface area is 146 Å². The number of piperidine rings is 1. The standard InChI is InChI=1S/C19H22N2O2S/c1-23-16-5-3-2-4-15(16)17-6-7-18(24-17)19(22)20-14-10-13-8-9-21(11-13)12-14/h2-7,13-14H,8-12H2,1H3,(H,20,22)/t13-,14-/m1/s1. The minimum Gasteiger partial charge on any atom is -0.496 e. The quantitative estimate of drug-likeness (QED) is 0.927. The molecule has 0 saturated carbocycles. The van der Waals surface area contributed by atoms with Crippen LogP contribution in [0.25, 0.3) is 10.4 Å². The zero-order chi connectivity index (χ0) is 16.5. The normalized spacial score (nSPS) is 25.5. The summed E-state index contributed by atoms with van der Waals surface area (Å²) in [6.07, 6.45) is 2.40. The smallest absolute Gasteiger partial charge is 0.261 e. The summed E-state index contributed by atoms with van der Waals surface area (Å²) in [5, 5.41) is 3.23. The Morgan fingerprint density at radius 1 is 1.25 bits per heavy atom. The zero-order valence-electron chi connectivity index (χ0n) is 13.8. The van der Waals surface area contributed by atoms with Crippen LogP contribution in [0.15, 0.2) is 36.4 Å². The first-order chi connectivity index (χ1) is 11.7. The third-order valence-electron chi connectivity index (χ3n) is 5.00. The fourth-order valence-electron chi connectivity index (χ4n) is 3.87. The van der Waals surface area contributed by atoms with E-state index in [2.05, 4.69) is 10.2 Å². The molecule has 3 atom stereocenters. The number of hydrogen-bond acceptors (Lipinski definition) is 4. The van der Waals surface area contributed by atoms with Gasteiger partial charge in [-0.3, -0.25) is 4.79 Å². The van der Waals surface area contributed by atoms with Crippen molar-refractivity contribution < 1.29 is 9.53 Å². The van der Waals surface area contributed by atoms with E-state index in [1.165, 1.54) is 30.8 Å². The molecular formula is C19H22N2O2S. The van der Waals surface area contributed by atoms with Gasteiger partial charge in [-0.25, -0.2) is 0 Å². The molecule has 1 amide bonds. The minimum atomic E-state index is 0.0497. The Hall–Kier alpha value is -1.85. The summed E-state index contributed by atoms with van der Waals surface area (Å²) < 4.78 is 5.42. The Morgan fingerprint density at radius 2 is 2.12 bits per heavy atom. The van der Waals surface area contributed by atoms with Gasteiger partial charge in [0.2, 0.25) is 0 Å². The van der Waals surface area contributed by atoms with Crippen molar-refractivity contribution in [3.63, 3.8) is 0 Å². The van der Waals surface area contributed by atoms with Crippen molar-refractivity contribution in [2.75, 3.05) is 26.7 Å². The van der Waals surface area contributed by atoms with Gasteiger partial charge in [0, 0.05) is 29.6 Å². The molecule has 2 aliphatic heterocycles. The van der Waals surface area contributed by atoms with Crippen molar-refractivity contribution in [1.82, 2.24) is 10.2 Å². The molecule has 4 nitrogen and oxygen atoms in total. The highest BCUT2D eigenvalue weighted by atomic mass is 32.1. The SMILES string of the molecule is COc1ccccc1-c1ccc(C(=O)N[C@@H]2C[C@H]3CCN(C3)C2)s1. The van der Waals surface area contributed by atoms with Crippen LogP contribution in [0, 0.1) is 5.92 Å². The summed E-state index contributed by atoms with van der Waals surface area (Å²) in [6.45, 7) is 3.39. The van der Waals surface area contributed by atoms with Crippen LogP contribution in [0.5, 0.6) is 5.75 Å². The van der Waals surface area contributed by atoms with E-state index in [1.54, 1.807) is 7.11 Å². The van der Waals surface area contributed by atoms with Gasteiger partial charge in [0.05, 0.1) is 12.0 Å². The van der Waals surface area contributed by atoms with E-state index >= 15 is 0 Å². The van der Waals surface area contributed by atoms with Gasteiger partial charge >= 0.3 is 0 Å². The number of methoxy groups -OCH3 is 1. The second-order valence-electron chi connectivity index (χ2n) is 6.68. The van der Waals surface area contributed by atoms with E-state index in [-0.39, 0.29) is 11.9 Å². The van der Waals surface area contributed by atoms with E-state index < -0.39 is 0 Å². The van der Waals surface area contributed by atoms with Crippen LogP contribution in [0.1, 0.15) is 22.5 Å². The molecule has 2 saturated heterocycles. The molecule has 2 bridgehead atoms. The number of thiophene rings is 1. The highest BCUT2D eigenvalue weighted by molar-refractivity contribution is 7.17. The predicted molar refractivity (Wildman–Crippen MR) is 96.7 cm³/mol. The number of amides is 1. The highest BCUT2D eigenvalue weighted by Crippen LogP contribution is 2.35. The molecule has 3 heterocycles. The maximum Gasteiger partial charge on any atom is 0.261 e. The summed E-state index contributed by atoms with van der Waals surface area (Å²) in [7, 11) is 1.67. The van der Waals surface area contributed by atoms with Crippen LogP contribution in [0.4, 0.5) is 0 Å². The average molecular weight is 342 g/mol. The summed E-state index contributed by atoms with van der Waals surface area (Å²) in [5.41, 5.74) is 1.03. The molecular weight excluding hydrogens is 320 g/mol. The lowest BCUT2D eigenvalue weighted by molar-refractivity contribution is 0.0913. The molecule has 24 heavy (non-hydrogen) atoms. The Balaban J connectivity index is 1.47. The predicted octanol–water partition coefficient (Wildman–Crippen LogP) is 3.25. The average Bonchev–Trinajstić information content (AvgIpc) is 3.22. The van der Waals surface area contributed by atoms with E-state index in [0.717, 1.165) is 40.0 Å². The molecule has 2 fully saturated rings. The molecule has 126 valence electrons. The van der Waals surface area contributed by atoms with E-state index in [0.29, 0.717) is 0 Å². The van der Waals surface area contributed by atoms with Gasteiger partial charge < -0.3 is 15.0 Å². The monoisotopic (exact) mass is 342 g/mol. The van der Waals surface area contributed by atoms with E-state index in [9.17, 15) is 4.79 Å². The van der Waals surface area contributed by atoms with Crippen molar-refractivity contribution in [2.45, 2.75) is 18.9 Å². The van der Waals surface area contributed by atoms with Crippen molar-refractivity contribution in [3.05, 3.63) is 41.3 Å². The van der Waals surface area contributed by atoms with Gasteiger partial charge in [0.25, 0.3) is 5.91 Å². The summed E-state index contributed by atoms with van der Waals surface area (Å²) in [6, 6.07) is 12.1. The number of ether oxygens (including phenoxy) is 1. The number of carbonyl (C=O) groups excluding carboxylic acids is 1. The van der Waals surface area contributed by atoms with Crippen molar-refractivity contribution >= 4 is 17.2 Å². The van der Waals surface area contributed by atoms with Crippen LogP contribution >= 0.6 is 11.3 Å². The molecule has 1 unspecified atom stereocenters. The Morgan fingerprint density at radius 3 is 2.96 bits per heavy atom. The molecule has 1 aromatic heterocycles. The molecule has 4 rings (SSSR count). The third kappa shape index (κ3) is 3.06. The zero-order valence-corrected chi connectivity index (χ0v) is 14.6. The second-order valence-corrected chi connectivity index (χ2v) is 7.77. The van der Waals surface area contributed by atoms with Crippen LogP contribution in [-0.4, -0.2) is 43.6 Å². The van der Waals surface area contributed by atoms with Crippen LogP contribution in [0.2, 0.25) is 0 Å². The number of nitrogens with zero attached hydrogens (tertiary/aromatic N) is 1. The molecule has 0 aliphatic carbocycles. The van der Waals surface area contributed by atoms with Crippen LogP contribution in [0.3, 0.4) is 0 Å². The lowest BCUT2D eigenvalue weighted by Crippen LogP contribution is -2.46. The van der Waals surface area contributed by atoms with Crippen molar-refractivity contribution in [1.29, 1.82) is 0 Å².